The number of halogens is 4. The number of benzene rings is 1. The molecule has 0 spiro atoms. The molecule has 118 valence electrons. The van der Waals surface area contributed by atoms with E-state index in [0.29, 0.717) is 6.07 Å². The quantitative estimate of drug-likeness (QED) is 0.795. The maximum absolute atomic E-state index is 12.7. The molecule has 1 aromatic carbocycles. The second kappa shape index (κ2) is 5.96. The molecule has 0 saturated heterocycles. The summed E-state index contributed by atoms with van der Waals surface area (Å²) in [7, 11) is 0. The number of esters is 1. The lowest BCUT2D eigenvalue weighted by Crippen LogP contribution is -2.12. The fourth-order valence-electron chi connectivity index (χ4n) is 1.63. The van der Waals surface area contributed by atoms with E-state index in [-0.39, 0.29) is 22.4 Å². The van der Waals surface area contributed by atoms with Crippen LogP contribution in [0.1, 0.15) is 40.7 Å². The Hall–Kier alpha value is -2.09. The first-order chi connectivity index (χ1) is 10.2. The average Bonchev–Trinajstić information content (AvgIpc) is 2.83. The summed E-state index contributed by atoms with van der Waals surface area (Å²) in [5.41, 5.74) is -1.35. The van der Waals surface area contributed by atoms with Crippen molar-refractivity contribution in [3.05, 3.63) is 46.1 Å². The van der Waals surface area contributed by atoms with Crippen LogP contribution >= 0.6 is 11.6 Å². The van der Waals surface area contributed by atoms with Crippen LogP contribution in [0.3, 0.4) is 0 Å². The van der Waals surface area contributed by atoms with E-state index < -0.39 is 23.8 Å². The van der Waals surface area contributed by atoms with E-state index in [2.05, 4.69) is 10.2 Å². The molecule has 0 aliphatic carbocycles. The molecule has 22 heavy (non-hydrogen) atoms. The number of alkyl halides is 3. The van der Waals surface area contributed by atoms with Gasteiger partial charge in [-0.15, -0.1) is 10.2 Å². The van der Waals surface area contributed by atoms with Crippen molar-refractivity contribution in [3.8, 4) is 0 Å². The fourth-order valence-corrected chi connectivity index (χ4v) is 1.86. The van der Waals surface area contributed by atoms with Gasteiger partial charge in [0.15, 0.2) is 6.10 Å². The topological polar surface area (TPSA) is 65.2 Å². The number of hydrogen-bond acceptors (Lipinski definition) is 5. The van der Waals surface area contributed by atoms with Gasteiger partial charge in [-0.05, 0) is 25.1 Å². The highest BCUT2D eigenvalue weighted by atomic mass is 35.5. The second-order valence-corrected chi connectivity index (χ2v) is 4.87. The van der Waals surface area contributed by atoms with Gasteiger partial charge < -0.3 is 9.15 Å². The highest BCUT2D eigenvalue weighted by Gasteiger charge is 2.32. The average molecular weight is 335 g/mol. The zero-order valence-corrected chi connectivity index (χ0v) is 12.2. The Kier molecular flexibility index (Phi) is 4.41. The van der Waals surface area contributed by atoms with Gasteiger partial charge in [-0.25, -0.2) is 4.79 Å². The number of carbonyl (C=O) groups is 1. The Morgan fingerprint density at radius 2 is 2.00 bits per heavy atom. The van der Waals surface area contributed by atoms with Gasteiger partial charge in [-0.1, -0.05) is 11.6 Å². The molecular formula is C13H10ClF3N2O3. The highest BCUT2D eigenvalue weighted by molar-refractivity contribution is 6.31. The number of aromatic nitrogens is 2. The normalized spacial score (nSPS) is 13.0. The minimum atomic E-state index is -4.62. The van der Waals surface area contributed by atoms with Crippen molar-refractivity contribution in [2.45, 2.75) is 26.1 Å². The van der Waals surface area contributed by atoms with E-state index in [4.69, 9.17) is 20.8 Å². The molecule has 0 radical (unpaired) electrons. The number of rotatable bonds is 3. The summed E-state index contributed by atoms with van der Waals surface area (Å²) in [5.74, 6) is -0.653. The van der Waals surface area contributed by atoms with Crippen molar-refractivity contribution < 1.29 is 27.1 Å². The molecule has 0 bridgehead atoms. The zero-order valence-electron chi connectivity index (χ0n) is 11.4. The fraction of sp³-hybridized carbons (Fsp3) is 0.308. The monoisotopic (exact) mass is 334 g/mol. The van der Waals surface area contributed by atoms with Crippen LogP contribution in [-0.2, 0) is 10.9 Å². The molecule has 2 rings (SSSR count). The van der Waals surface area contributed by atoms with Crippen LogP contribution in [0.15, 0.2) is 22.6 Å². The molecule has 0 fully saturated rings. The molecule has 0 aliphatic heterocycles. The number of nitrogens with zero attached hydrogens (tertiary/aromatic N) is 2. The predicted octanol–water partition coefficient (Wildman–Crippen LogP) is 3.97. The van der Waals surface area contributed by atoms with Gasteiger partial charge >= 0.3 is 12.1 Å². The molecule has 2 aromatic rings. The predicted molar refractivity (Wildman–Crippen MR) is 69.3 cm³/mol. The van der Waals surface area contributed by atoms with E-state index in [9.17, 15) is 18.0 Å². The third-order valence-corrected chi connectivity index (χ3v) is 2.85. The zero-order chi connectivity index (χ0) is 16.5. The van der Waals surface area contributed by atoms with Crippen LogP contribution in [0.4, 0.5) is 13.2 Å². The lowest BCUT2D eigenvalue weighted by molar-refractivity contribution is -0.137. The maximum atomic E-state index is 12.7. The molecule has 0 saturated carbocycles. The summed E-state index contributed by atoms with van der Waals surface area (Å²) in [6.45, 7) is 3.01. The van der Waals surface area contributed by atoms with Crippen LogP contribution < -0.4 is 0 Å². The van der Waals surface area contributed by atoms with E-state index in [0.717, 1.165) is 12.1 Å². The second-order valence-electron chi connectivity index (χ2n) is 4.43. The third kappa shape index (κ3) is 3.76. The maximum Gasteiger partial charge on any atom is 0.416 e. The molecule has 1 aromatic heterocycles. The Balaban J connectivity index is 2.21. The van der Waals surface area contributed by atoms with Gasteiger partial charge in [0.05, 0.1) is 11.1 Å². The van der Waals surface area contributed by atoms with Crippen molar-refractivity contribution in [1.82, 2.24) is 10.2 Å². The van der Waals surface area contributed by atoms with Gasteiger partial charge in [0.25, 0.3) is 5.89 Å². The molecule has 1 heterocycles. The van der Waals surface area contributed by atoms with Gasteiger partial charge in [0.2, 0.25) is 5.89 Å². The van der Waals surface area contributed by atoms with E-state index >= 15 is 0 Å². The standard InChI is InChI=1S/C13H10ClF3N2O3/c1-6(11-19-18-7(2)22-11)21-12(20)8-3-9(13(15,16)17)5-10(14)4-8/h3-6H,1-2H3/t6-/m0/s1. The van der Waals surface area contributed by atoms with Crippen LogP contribution in [0.25, 0.3) is 0 Å². The number of ether oxygens (including phenoxy) is 1. The molecule has 0 amide bonds. The van der Waals surface area contributed by atoms with E-state index in [1.165, 1.54) is 6.92 Å². The third-order valence-electron chi connectivity index (χ3n) is 2.63. The minimum absolute atomic E-state index is 0.0453. The Bertz CT molecular complexity index is 700. The van der Waals surface area contributed by atoms with Crippen molar-refractivity contribution in [2.75, 3.05) is 0 Å². The number of hydrogen-bond donors (Lipinski definition) is 0. The van der Waals surface area contributed by atoms with Crippen molar-refractivity contribution in [2.24, 2.45) is 0 Å². The van der Waals surface area contributed by atoms with Crippen LogP contribution in [0.2, 0.25) is 5.02 Å². The summed E-state index contributed by atoms with van der Waals surface area (Å²) >= 11 is 5.61. The largest absolute Gasteiger partial charge is 0.449 e. The summed E-state index contributed by atoms with van der Waals surface area (Å²) < 4.78 is 48.2. The number of aryl methyl sites for hydroxylation is 1. The molecular weight excluding hydrogens is 325 g/mol. The summed E-state index contributed by atoms with van der Waals surface area (Å²) in [4.78, 5) is 11.9. The lowest BCUT2D eigenvalue weighted by Gasteiger charge is -2.12. The lowest BCUT2D eigenvalue weighted by atomic mass is 10.1. The van der Waals surface area contributed by atoms with Gasteiger partial charge in [0, 0.05) is 11.9 Å². The van der Waals surface area contributed by atoms with Crippen molar-refractivity contribution in [1.29, 1.82) is 0 Å². The van der Waals surface area contributed by atoms with Crippen molar-refractivity contribution in [3.63, 3.8) is 0 Å². The molecule has 0 unspecified atom stereocenters. The molecule has 1 atom stereocenters. The van der Waals surface area contributed by atoms with E-state index in [1.807, 2.05) is 0 Å². The molecule has 0 N–H and O–H groups in total. The van der Waals surface area contributed by atoms with Gasteiger partial charge in [-0.3, -0.25) is 0 Å². The first-order valence-electron chi connectivity index (χ1n) is 6.05. The Morgan fingerprint density at radius 1 is 1.32 bits per heavy atom. The summed E-state index contributed by atoms with van der Waals surface area (Å²) in [6.07, 6.45) is -5.52. The molecule has 9 heteroatoms. The van der Waals surface area contributed by atoms with Crippen LogP contribution in [0, 0.1) is 6.92 Å². The van der Waals surface area contributed by atoms with Gasteiger partial charge in [-0.2, -0.15) is 13.2 Å². The smallest absolute Gasteiger partial charge is 0.416 e. The van der Waals surface area contributed by atoms with Crippen LogP contribution in [0.5, 0.6) is 0 Å². The SMILES string of the molecule is Cc1nnc([C@H](C)OC(=O)c2cc(Cl)cc(C(F)(F)F)c2)o1. The summed E-state index contributed by atoms with van der Waals surface area (Å²) in [6, 6.07) is 2.48. The van der Waals surface area contributed by atoms with Crippen LogP contribution in [-0.4, -0.2) is 16.2 Å². The van der Waals surface area contributed by atoms with E-state index in [1.54, 1.807) is 6.92 Å². The Morgan fingerprint density at radius 3 is 2.55 bits per heavy atom. The highest BCUT2D eigenvalue weighted by Crippen LogP contribution is 2.32. The van der Waals surface area contributed by atoms with Gasteiger partial charge in [0.1, 0.15) is 0 Å². The molecule has 5 nitrogen and oxygen atoms in total. The van der Waals surface area contributed by atoms with Crippen molar-refractivity contribution >= 4 is 17.6 Å². The summed E-state index contributed by atoms with van der Waals surface area (Å²) in [5, 5.41) is 7.02. The minimum Gasteiger partial charge on any atom is -0.449 e. The Labute approximate surface area is 128 Å². The first-order valence-corrected chi connectivity index (χ1v) is 6.43. The molecule has 0 aliphatic rings. The first kappa shape index (κ1) is 16.3. The number of carbonyl (C=O) groups excluding carboxylic acids is 1.